The van der Waals surface area contributed by atoms with Crippen LogP contribution in [0.1, 0.15) is 19.3 Å². The smallest absolute Gasteiger partial charge is 0.0438 e. The summed E-state index contributed by atoms with van der Waals surface area (Å²) in [6.07, 6.45) is 3.08. The molecular weight excluding hydrogens is 204 g/mol. The third-order valence-corrected chi connectivity index (χ3v) is 3.78. The summed E-state index contributed by atoms with van der Waals surface area (Å²) >= 11 is 3.84. The molecule has 0 aromatic carbocycles. The van der Waals surface area contributed by atoms with Crippen LogP contribution in [-0.4, -0.2) is 46.4 Å². The molecule has 2 N–H and O–H groups in total. The lowest BCUT2D eigenvalue weighted by atomic mass is 10.5. The van der Waals surface area contributed by atoms with Crippen molar-refractivity contribution in [2.24, 2.45) is 0 Å². The van der Waals surface area contributed by atoms with Crippen molar-refractivity contribution in [3.8, 4) is 0 Å². The van der Waals surface area contributed by atoms with Gasteiger partial charge in [-0.2, -0.15) is 23.5 Å². The summed E-state index contributed by atoms with van der Waals surface area (Å²) in [5.41, 5.74) is 0. The lowest BCUT2D eigenvalue weighted by molar-refractivity contribution is 0.296. The van der Waals surface area contributed by atoms with Gasteiger partial charge in [0.25, 0.3) is 0 Å². The highest BCUT2D eigenvalue weighted by Gasteiger charge is 1.91. The third-order valence-electron chi connectivity index (χ3n) is 1.47. The van der Waals surface area contributed by atoms with Gasteiger partial charge in [0.2, 0.25) is 0 Å². The molecule has 0 spiro atoms. The second-order valence-corrected chi connectivity index (χ2v) is 5.18. The molecule has 0 atom stereocenters. The number of rotatable bonds is 10. The summed E-state index contributed by atoms with van der Waals surface area (Å²) < 4.78 is 0. The molecule has 0 saturated carbocycles. The minimum Gasteiger partial charge on any atom is -0.396 e. The highest BCUT2D eigenvalue weighted by atomic mass is 32.2. The maximum atomic E-state index is 8.52. The van der Waals surface area contributed by atoms with E-state index in [0.29, 0.717) is 13.2 Å². The van der Waals surface area contributed by atoms with Crippen LogP contribution >= 0.6 is 23.5 Å². The molecule has 13 heavy (non-hydrogen) atoms. The van der Waals surface area contributed by atoms with E-state index in [0.717, 1.165) is 24.3 Å². The molecule has 0 aliphatic carbocycles. The van der Waals surface area contributed by atoms with Crippen molar-refractivity contribution >= 4 is 23.5 Å². The van der Waals surface area contributed by atoms with Crippen molar-refractivity contribution in [3.05, 3.63) is 0 Å². The first-order valence-corrected chi connectivity index (χ1v) is 7.10. The van der Waals surface area contributed by atoms with Crippen LogP contribution in [0.3, 0.4) is 0 Å². The highest BCUT2D eigenvalue weighted by Crippen LogP contribution is 2.09. The molecule has 2 nitrogen and oxygen atoms in total. The van der Waals surface area contributed by atoms with Gasteiger partial charge in [-0.1, -0.05) is 0 Å². The standard InChI is InChI=1S/C9H20O2S2/c10-4-1-6-12-8-3-9-13-7-2-5-11/h10-11H,1-9H2. The Morgan fingerprint density at radius 3 is 1.38 bits per heavy atom. The molecule has 0 fully saturated rings. The zero-order valence-corrected chi connectivity index (χ0v) is 9.71. The molecule has 0 amide bonds. The maximum Gasteiger partial charge on any atom is 0.0438 e. The van der Waals surface area contributed by atoms with Gasteiger partial charge < -0.3 is 10.2 Å². The third kappa shape index (κ3) is 12.6. The van der Waals surface area contributed by atoms with Crippen molar-refractivity contribution in [2.45, 2.75) is 19.3 Å². The van der Waals surface area contributed by atoms with Crippen LogP contribution < -0.4 is 0 Å². The van der Waals surface area contributed by atoms with E-state index in [1.807, 2.05) is 23.5 Å². The maximum absolute atomic E-state index is 8.52. The number of aliphatic hydroxyl groups is 2. The molecule has 0 aliphatic rings. The predicted molar refractivity (Wildman–Crippen MR) is 62.7 cm³/mol. The zero-order valence-electron chi connectivity index (χ0n) is 8.07. The second kappa shape index (κ2) is 12.6. The fourth-order valence-corrected chi connectivity index (χ4v) is 2.75. The average molecular weight is 224 g/mol. The minimum absolute atomic E-state index is 0.318. The summed E-state index contributed by atoms with van der Waals surface area (Å²) in [7, 11) is 0. The lowest BCUT2D eigenvalue weighted by Gasteiger charge is -2.00. The van der Waals surface area contributed by atoms with Gasteiger partial charge in [-0.05, 0) is 42.3 Å². The van der Waals surface area contributed by atoms with E-state index < -0.39 is 0 Å². The van der Waals surface area contributed by atoms with Crippen LogP contribution in [0.25, 0.3) is 0 Å². The predicted octanol–water partition coefficient (Wildman–Crippen LogP) is 1.61. The van der Waals surface area contributed by atoms with Crippen molar-refractivity contribution in [1.82, 2.24) is 0 Å². The van der Waals surface area contributed by atoms with Gasteiger partial charge in [-0.25, -0.2) is 0 Å². The molecule has 0 aromatic rings. The van der Waals surface area contributed by atoms with Gasteiger partial charge in [0.1, 0.15) is 0 Å². The quantitative estimate of drug-likeness (QED) is 0.553. The monoisotopic (exact) mass is 224 g/mol. The van der Waals surface area contributed by atoms with Crippen LogP contribution in [0, 0.1) is 0 Å². The van der Waals surface area contributed by atoms with Gasteiger partial charge in [-0.15, -0.1) is 0 Å². The van der Waals surface area contributed by atoms with Crippen molar-refractivity contribution in [2.75, 3.05) is 36.2 Å². The summed E-state index contributed by atoms with van der Waals surface area (Å²) in [5.74, 6) is 4.56. The molecule has 4 heteroatoms. The average Bonchev–Trinajstić information content (AvgIpc) is 2.16. The first-order chi connectivity index (χ1) is 6.41. The Labute approximate surface area is 89.5 Å². The minimum atomic E-state index is 0.318. The molecule has 0 aromatic heterocycles. The van der Waals surface area contributed by atoms with Crippen LogP contribution in [0.15, 0.2) is 0 Å². The SMILES string of the molecule is OCCCSCCCSCCCO. The number of hydrogen-bond acceptors (Lipinski definition) is 4. The van der Waals surface area contributed by atoms with Gasteiger partial charge in [0.05, 0.1) is 0 Å². The van der Waals surface area contributed by atoms with Crippen molar-refractivity contribution in [1.29, 1.82) is 0 Å². The molecule has 0 heterocycles. The van der Waals surface area contributed by atoms with Gasteiger partial charge in [0, 0.05) is 13.2 Å². The molecule has 0 saturated heterocycles. The number of aliphatic hydroxyl groups excluding tert-OH is 2. The Balaban J connectivity index is 2.76. The normalized spacial score (nSPS) is 10.6. The van der Waals surface area contributed by atoms with Crippen LogP contribution in [0.2, 0.25) is 0 Å². The van der Waals surface area contributed by atoms with Crippen molar-refractivity contribution in [3.63, 3.8) is 0 Å². The Morgan fingerprint density at radius 2 is 1.00 bits per heavy atom. The zero-order chi connectivity index (χ0) is 9.78. The highest BCUT2D eigenvalue weighted by molar-refractivity contribution is 8.00. The number of thioether (sulfide) groups is 2. The van der Waals surface area contributed by atoms with E-state index >= 15 is 0 Å². The van der Waals surface area contributed by atoms with Crippen LogP contribution in [-0.2, 0) is 0 Å². The first-order valence-electron chi connectivity index (χ1n) is 4.79. The summed E-state index contributed by atoms with van der Waals surface area (Å²) in [4.78, 5) is 0. The van der Waals surface area contributed by atoms with E-state index in [2.05, 4.69) is 0 Å². The van der Waals surface area contributed by atoms with E-state index in [1.165, 1.54) is 17.9 Å². The first kappa shape index (κ1) is 13.6. The Morgan fingerprint density at radius 1 is 0.615 bits per heavy atom. The van der Waals surface area contributed by atoms with Gasteiger partial charge in [0.15, 0.2) is 0 Å². The molecule has 80 valence electrons. The molecule has 0 unspecified atom stereocenters. The molecule has 0 aliphatic heterocycles. The summed E-state index contributed by atoms with van der Waals surface area (Å²) in [5, 5.41) is 17.0. The molecule has 0 bridgehead atoms. The van der Waals surface area contributed by atoms with E-state index in [-0.39, 0.29) is 0 Å². The van der Waals surface area contributed by atoms with E-state index in [4.69, 9.17) is 10.2 Å². The molecule has 0 rings (SSSR count). The van der Waals surface area contributed by atoms with E-state index in [9.17, 15) is 0 Å². The second-order valence-electron chi connectivity index (χ2n) is 2.73. The Hall–Kier alpha value is 0.620. The fourth-order valence-electron chi connectivity index (χ4n) is 0.800. The lowest BCUT2D eigenvalue weighted by Crippen LogP contribution is -1.91. The van der Waals surface area contributed by atoms with E-state index in [1.54, 1.807) is 0 Å². The number of hydrogen-bond donors (Lipinski definition) is 2. The Bertz CT molecular complexity index is 81.7. The summed E-state index contributed by atoms with van der Waals surface area (Å²) in [6, 6.07) is 0. The topological polar surface area (TPSA) is 40.5 Å². The van der Waals surface area contributed by atoms with Gasteiger partial charge >= 0.3 is 0 Å². The Kier molecular flexibility index (Phi) is 13.2. The molecule has 0 radical (unpaired) electrons. The van der Waals surface area contributed by atoms with Gasteiger partial charge in [-0.3, -0.25) is 0 Å². The van der Waals surface area contributed by atoms with Crippen molar-refractivity contribution < 1.29 is 10.2 Å². The summed E-state index contributed by atoms with van der Waals surface area (Å²) in [6.45, 7) is 0.635. The van der Waals surface area contributed by atoms with Crippen LogP contribution in [0.4, 0.5) is 0 Å². The largest absolute Gasteiger partial charge is 0.396 e. The molecular formula is C9H20O2S2. The fraction of sp³-hybridized carbons (Fsp3) is 1.00. The van der Waals surface area contributed by atoms with Crippen LogP contribution in [0.5, 0.6) is 0 Å².